The first-order valence-corrected chi connectivity index (χ1v) is 7.80. The zero-order chi connectivity index (χ0) is 15.9. The summed E-state index contributed by atoms with van der Waals surface area (Å²) >= 11 is 1.67. The minimum absolute atomic E-state index is 0.166. The van der Waals surface area contributed by atoms with E-state index in [-0.39, 0.29) is 12.5 Å². The highest BCUT2D eigenvalue weighted by atomic mass is 32.1. The molecule has 0 radical (unpaired) electrons. The van der Waals surface area contributed by atoms with Gasteiger partial charge in [-0.15, -0.1) is 11.3 Å². The Labute approximate surface area is 134 Å². The topological polar surface area (TPSA) is 61.4 Å². The summed E-state index contributed by atoms with van der Waals surface area (Å²) in [5, 5.41) is 6.97. The van der Waals surface area contributed by atoms with Gasteiger partial charge in [-0.3, -0.25) is 15.0 Å². The largest absolute Gasteiger partial charge is 0.325 e. The van der Waals surface area contributed by atoms with E-state index >= 15 is 0 Å². The van der Waals surface area contributed by atoms with Gasteiger partial charge < -0.3 is 5.32 Å². The van der Waals surface area contributed by atoms with Crippen molar-refractivity contribution in [3.63, 3.8) is 0 Å². The molecule has 1 aromatic heterocycles. The predicted octanol–water partition coefficient (Wildman–Crippen LogP) is 2.84. The summed E-state index contributed by atoms with van der Waals surface area (Å²) in [4.78, 5) is 26.7. The van der Waals surface area contributed by atoms with E-state index in [0.29, 0.717) is 12.2 Å². The van der Waals surface area contributed by atoms with Crippen LogP contribution in [0.5, 0.6) is 0 Å². The third-order valence-corrected chi connectivity index (χ3v) is 4.09. The van der Waals surface area contributed by atoms with E-state index in [1.807, 2.05) is 42.5 Å². The number of hydrogen-bond acceptors (Lipinski definition) is 4. The number of carbonyl (C=O) groups excluding carboxylic acids is 2. The average molecular weight is 317 g/mol. The van der Waals surface area contributed by atoms with Crippen molar-refractivity contribution in [2.75, 3.05) is 18.9 Å². The third kappa shape index (κ3) is 4.98. The molecule has 0 unspecified atom stereocenters. The van der Waals surface area contributed by atoms with E-state index in [2.05, 4.69) is 16.7 Å². The Hall–Kier alpha value is -2.18. The van der Waals surface area contributed by atoms with Crippen LogP contribution in [0.4, 0.5) is 10.5 Å². The molecular formula is C16H19N3O2S. The predicted molar refractivity (Wildman–Crippen MR) is 89.0 cm³/mol. The van der Waals surface area contributed by atoms with Crippen LogP contribution in [0.3, 0.4) is 0 Å². The quantitative estimate of drug-likeness (QED) is 0.891. The lowest BCUT2D eigenvalue weighted by molar-refractivity contribution is -0.120. The smallest absolute Gasteiger partial charge is 0.308 e. The molecule has 0 aliphatic heterocycles. The van der Waals surface area contributed by atoms with Crippen LogP contribution in [-0.4, -0.2) is 30.4 Å². The number of amides is 3. The Balaban J connectivity index is 1.77. The van der Waals surface area contributed by atoms with Crippen LogP contribution in [0.15, 0.2) is 41.8 Å². The summed E-state index contributed by atoms with van der Waals surface area (Å²) in [5.41, 5.74) is 1.87. The Morgan fingerprint density at radius 1 is 1.18 bits per heavy atom. The fraction of sp³-hybridized carbons (Fsp3) is 0.250. The number of carbonyl (C=O) groups is 2. The Bertz CT molecular complexity index is 640. The number of anilines is 1. The van der Waals surface area contributed by atoms with Crippen molar-refractivity contribution >= 4 is 29.0 Å². The summed E-state index contributed by atoms with van der Waals surface area (Å²) < 4.78 is 0. The van der Waals surface area contributed by atoms with Gasteiger partial charge in [0.15, 0.2) is 0 Å². The van der Waals surface area contributed by atoms with Crippen LogP contribution >= 0.6 is 11.3 Å². The third-order valence-electron chi connectivity index (χ3n) is 3.08. The molecule has 6 heteroatoms. The van der Waals surface area contributed by atoms with E-state index < -0.39 is 6.03 Å². The highest BCUT2D eigenvalue weighted by Crippen LogP contribution is 2.16. The molecule has 2 N–H and O–H groups in total. The van der Waals surface area contributed by atoms with Crippen LogP contribution < -0.4 is 10.6 Å². The molecule has 0 aliphatic carbocycles. The average Bonchev–Trinajstić information content (AvgIpc) is 2.84. The van der Waals surface area contributed by atoms with Crippen molar-refractivity contribution in [3.05, 3.63) is 52.2 Å². The monoisotopic (exact) mass is 317 g/mol. The Kier molecular flexibility index (Phi) is 5.68. The molecule has 0 atom stereocenters. The standard InChI is InChI=1S/C16H19N3O2S/c1-12-8-9-22-14(12)10-19(2)11-15(20)18-16(21)17-13-6-4-3-5-7-13/h3-9H,10-11H2,1-2H3,(H2,17,18,20,21). The van der Waals surface area contributed by atoms with Gasteiger partial charge in [0.2, 0.25) is 5.91 Å². The van der Waals surface area contributed by atoms with E-state index in [0.717, 1.165) is 0 Å². The number of imide groups is 1. The van der Waals surface area contributed by atoms with Crippen LogP contribution in [0, 0.1) is 6.92 Å². The summed E-state index contributed by atoms with van der Waals surface area (Å²) in [7, 11) is 1.86. The summed E-state index contributed by atoms with van der Waals surface area (Å²) in [6.07, 6.45) is 0. The van der Waals surface area contributed by atoms with Gasteiger partial charge in [-0.25, -0.2) is 4.79 Å². The minimum atomic E-state index is -0.517. The lowest BCUT2D eigenvalue weighted by Crippen LogP contribution is -2.40. The number of nitrogens with one attached hydrogen (secondary N) is 2. The zero-order valence-corrected chi connectivity index (χ0v) is 13.4. The van der Waals surface area contributed by atoms with Gasteiger partial charge in [0.25, 0.3) is 0 Å². The maximum absolute atomic E-state index is 11.9. The van der Waals surface area contributed by atoms with Crippen molar-refractivity contribution in [1.82, 2.24) is 10.2 Å². The zero-order valence-electron chi connectivity index (χ0n) is 12.6. The van der Waals surface area contributed by atoms with Crippen LogP contribution in [0.2, 0.25) is 0 Å². The first kappa shape index (κ1) is 16.2. The van der Waals surface area contributed by atoms with Crippen molar-refractivity contribution < 1.29 is 9.59 Å². The molecule has 0 fully saturated rings. The van der Waals surface area contributed by atoms with Crippen molar-refractivity contribution in [2.45, 2.75) is 13.5 Å². The number of benzene rings is 1. The molecule has 5 nitrogen and oxygen atoms in total. The number of aryl methyl sites for hydroxylation is 1. The fourth-order valence-corrected chi connectivity index (χ4v) is 2.95. The van der Waals surface area contributed by atoms with Crippen LogP contribution in [0.25, 0.3) is 0 Å². The molecule has 1 aromatic carbocycles. The fourth-order valence-electron chi connectivity index (χ4n) is 1.96. The second-order valence-electron chi connectivity index (χ2n) is 5.07. The molecule has 3 amide bonds. The van der Waals surface area contributed by atoms with Gasteiger partial charge >= 0.3 is 6.03 Å². The molecule has 116 valence electrons. The number of likely N-dealkylation sites (N-methyl/N-ethyl adjacent to an activating group) is 1. The molecule has 2 rings (SSSR count). The minimum Gasteiger partial charge on any atom is -0.308 e. The first-order valence-electron chi connectivity index (χ1n) is 6.92. The van der Waals surface area contributed by atoms with Crippen molar-refractivity contribution in [3.8, 4) is 0 Å². The number of nitrogens with zero attached hydrogens (tertiary/aromatic N) is 1. The van der Waals surface area contributed by atoms with Gasteiger partial charge in [0.05, 0.1) is 6.54 Å². The van der Waals surface area contributed by atoms with Gasteiger partial charge in [-0.05, 0) is 43.1 Å². The number of thiophene rings is 1. The number of para-hydroxylation sites is 1. The summed E-state index contributed by atoms with van der Waals surface area (Å²) in [6.45, 7) is 2.91. The van der Waals surface area contributed by atoms with Gasteiger partial charge in [-0.2, -0.15) is 0 Å². The highest BCUT2D eigenvalue weighted by Gasteiger charge is 2.12. The first-order chi connectivity index (χ1) is 10.5. The molecule has 0 aliphatic rings. The van der Waals surface area contributed by atoms with Crippen LogP contribution in [0.1, 0.15) is 10.4 Å². The van der Waals surface area contributed by atoms with Gasteiger partial charge in [0, 0.05) is 17.1 Å². The summed E-state index contributed by atoms with van der Waals surface area (Å²) in [6, 6.07) is 10.5. The van der Waals surface area contributed by atoms with Crippen molar-refractivity contribution in [2.24, 2.45) is 0 Å². The van der Waals surface area contributed by atoms with E-state index in [1.54, 1.807) is 23.5 Å². The van der Waals surface area contributed by atoms with E-state index in [1.165, 1.54) is 10.4 Å². The van der Waals surface area contributed by atoms with E-state index in [4.69, 9.17) is 0 Å². The molecule has 0 saturated carbocycles. The molecule has 22 heavy (non-hydrogen) atoms. The number of hydrogen-bond donors (Lipinski definition) is 2. The molecule has 0 spiro atoms. The Morgan fingerprint density at radius 2 is 1.91 bits per heavy atom. The number of rotatable bonds is 5. The van der Waals surface area contributed by atoms with E-state index in [9.17, 15) is 9.59 Å². The normalized spacial score (nSPS) is 10.5. The van der Waals surface area contributed by atoms with Crippen LogP contribution in [-0.2, 0) is 11.3 Å². The molecule has 2 aromatic rings. The maximum Gasteiger partial charge on any atom is 0.325 e. The summed E-state index contributed by atoms with van der Waals surface area (Å²) in [5.74, 6) is -0.329. The lowest BCUT2D eigenvalue weighted by Gasteiger charge is -2.15. The molecule has 1 heterocycles. The molecule has 0 saturated heterocycles. The van der Waals surface area contributed by atoms with Crippen molar-refractivity contribution in [1.29, 1.82) is 0 Å². The molecular weight excluding hydrogens is 298 g/mol. The second-order valence-corrected chi connectivity index (χ2v) is 6.07. The highest BCUT2D eigenvalue weighted by molar-refractivity contribution is 7.10. The maximum atomic E-state index is 11.9. The second kappa shape index (κ2) is 7.72. The SMILES string of the molecule is Cc1ccsc1CN(C)CC(=O)NC(=O)Nc1ccccc1. The lowest BCUT2D eigenvalue weighted by atomic mass is 10.3. The molecule has 0 bridgehead atoms. The van der Waals surface area contributed by atoms with Gasteiger partial charge in [0.1, 0.15) is 0 Å². The number of urea groups is 1. The van der Waals surface area contributed by atoms with Gasteiger partial charge in [-0.1, -0.05) is 18.2 Å². The Morgan fingerprint density at radius 3 is 2.55 bits per heavy atom.